The maximum Gasteiger partial charge on any atom is 0.211 e. The van der Waals surface area contributed by atoms with Crippen LogP contribution in [0.25, 0.3) is 0 Å². The Kier molecular flexibility index (Phi) is 6.37. The van der Waals surface area contributed by atoms with Crippen molar-refractivity contribution in [2.24, 2.45) is 0 Å². The fourth-order valence-corrected chi connectivity index (χ4v) is 3.93. The first kappa shape index (κ1) is 17.4. The molecule has 0 heterocycles. The van der Waals surface area contributed by atoms with Crippen molar-refractivity contribution < 1.29 is 13.5 Å². The monoisotopic (exact) mass is 326 g/mol. The SMILES string of the molecule is CNS(=O)(=O)CCCN(CCO)C1CCCc2ccccc21. The third kappa shape index (κ3) is 4.52. The predicted octanol–water partition coefficient (Wildman–Crippen LogP) is 1.30. The van der Waals surface area contributed by atoms with E-state index in [1.807, 2.05) is 0 Å². The zero-order chi connectivity index (χ0) is 16.0. The minimum Gasteiger partial charge on any atom is -0.395 e. The number of nitrogens with one attached hydrogen (secondary N) is 1. The highest BCUT2D eigenvalue weighted by molar-refractivity contribution is 7.89. The summed E-state index contributed by atoms with van der Waals surface area (Å²) >= 11 is 0. The molecule has 0 saturated heterocycles. The van der Waals surface area contributed by atoms with Gasteiger partial charge in [0.05, 0.1) is 12.4 Å². The Morgan fingerprint density at radius 2 is 2.09 bits per heavy atom. The van der Waals surface area contributed by atoms with E-state index >= 15 is 0 Å². The van der Waals surface area contributed by atoms with E-state index in [1.165, 1.54) is 18.2 Å². The number of nitrogens with zero attached hydrogens (tertiary/aromatic N) is 1. The maximum absolute atomic E-state index is 11.5. The van der Waals surface area contributed by atoms with Gasteiger partial charge in [-0.25, -0.2) is 13.1 Å². The molecule has 22 heavy (non-hydrogen) atoms. The standard InChI is InChI=1S/C16H26N2O3S/c1-17-22(20,21)13-5-10-18(11-12-19)16-9-4-7-14-6-2-3-8-15(14)16/h2-3,6,8,16-17,19H,4-5,7,9-13H2,1H3. The molecule has 5 nitrogen and oxygen atoms in total. The fourth-order valence-electron chi connectivity index (χ4n) is 3.22. The lowest BCUT2D eigenvalue weighted by Crippen LogP contribution is -2.35. The van der Waals surface area contributed by atoms with Crippen molar-refractivity contribution in [1.82, 2.24) is 9.62 Å². The van der Waals surface area contributed by atoms with Crippen molar-refractivity contribution in [2.75, 3.05) is 32.5 Å². The molecule has 1 aliphatic carbocycles. The first-order chi connectivity index (χ1) is 10.6. The van der Waals surface area contributed by atoms with Gasteiger partial charge in [0.1, 0.15) is 0 Å². The Balaban J connectivity index is 2.05. The summed E-state index contributed by atoms with van der Waals surface area (Å²) in [4.78, 5) is 2.23. The van der Waals surface area contributed by atoms with Gasteiger partial charge < -0.3 is 5.11 Å². The molecule has 2 N–H and O–H groups in total. The summed E-state index contributed by atoms with van der Waals surface area (Å²) in [5, 5.41) is 9.35. The Morgan fingerprint density at radius 3 is 2.82 bits per heavy atom. The van der Waals surface area contributed by atoms with Crippen LogP contribution in [0, 0.1) is 0 Å². The summed E-state index contributed by atoms with van der Waals surface area (Å²) in [7, 11) is -1.72. The van der Waals surface area contributed by atoms with Crippen LogP contribution in [0.15, 0.2) is 24.3 Å². The van der Waals surface area contributed by atoms with E-state index in [0.717, 1.165) is 19.3 Å². The molecule has 0 aromatic heterocycles. The van der Waals surface area contributed by atoms with Crippen LogP contribution in [-0.4, -0.2) is 50.9 Å². The van der Waals surface area contributed by atoms with E-state index < -0.39 is 10.0 Å². The minimum atomic E-state index is -3.16. The Morgan fingerprint density at radius 1 is 1.32 bits per heavy atom. The molecule has 1 unspecified atom stereocenters. The van der Waals surface area contributed by atoms with Crippen molar-refractivity contribution >= 4 is 10.0 Å². The second-order valence-corrected chi connectivity index (χ2v) is 7.79. The van der Waals surface area contributed by atoms with Crippen molar-refractivity contribution in [3.05, 3.63) is 35.4 Å². The van der Waals surface area contributed by atoms with Crippen LogP contribution < -0.4 is 4.72 Å². The number of aliphatic hydroxyl groups is 1. The summed E-state index contributed by atoms with van der Waals surface area (Å²) < 4.78 is 25.4. The fraction of sp³-hybridized carbons (Fsp3) is 0.625. The number of fused-ring (bicyclic) bond motifs is 1. The lowest BCUT2D eigenvalue weighted by molar-refractivity contribution is 0.139. The quantitative estimate of drug-likeness (QED) is 0.755. The molecule has 1 aliphatic rings. The van der Waals surface area contributed by atoms with Crippen LogP contribution in [-0.2, 0) is 16.4 Å². The first-order valence-electron chi connectivity index (χ1n) is 7.91. The van der Waals surface area contributed by atoms with Crippen LogP contribution in [0.2, 0.25) is 0 Å². The highest BCUT2D eigenvalue weighted by Crippen LogP contribution is 2.34. The second kappa shape index (κ2) is 8.06. The van der Waals surface area contributed by atoms with Crippen molar-refractivity contribution in [3.8, 4) is 0 Å². The highest BCUT2D eigenvalue weighted by atomic mass is 32.2. The molecule has 0 aliphatic heterocycles. The molecule has 2 rings (SSSR count). The number of benzene rings is 1. The topological polar surface area (TPSA) is 69.6 Å². The van der Waals surface area contributed by atoms with E-state index in [-0.39, 0.29) is 18.4 Å². The predicted molar refractivity (Wildman–Crippen MR) is 88.2 cm³/mol. The summed E-state index contributed by atoms with van der Waals surface area (Å²) in [6.45, 7) is 1.36. The zero-order valence-corrected chi connectivity index (χ0v) is 14.0. The van der Waals surface area contributed by atoms with E-state index in [4.69, 9.17) is 0 Å². The average molecular weight is 326 g/mol. The number of hydrogen-bond acceptors (Lipinski definition) is 4. The largest absolute Gasteiger partial charge is 0.395 e. The summed E-state index contributed by atoms with van der Waals surface area (Å²) in [5.41, 5.74) is 2.71. The molecule has 0 saturated carbocycles. The maximum atomic E-state index is 11.5. The molecule has 0 amide bonds. The molecular weight excluding hydrogens is 300 g/mol. The zero-order valence-electron chi connectivity index (χ0n) is 13.2. The second-order valence-electron chi connectivity index (χ2n) is 5.74. The highest BCUT2D eigenvalue weighted by Gasteiger charge is 2.25. The summed E-state index contributed by atoms with van der Waals surface area (Å²) in [5.74, 6) is 0.125. The number of aliphatic hydroxyl groups excluding tert-OH is 1. The number of rotatable bonds is 8. The van der Waals surface area contributed by atoms with Crippen molar-refractivity contribution in [3.63, 3.8) is 0 Å². The molecule has 0 bridgehead atoms. The molecule has 1 aromatic carbocycles. The lowest BCUT2D eigenvalue weighted by Gasteiger charge is -2.35. The van der Waals surface area contributed by atoms with Crippen LogP contribution >= 0.6 is 0 Å². The number of sulfonamides is 1. The van der Waals surface area contributed by atoms with Crippen molar-refractivity contribution in [1.29, 1.82) is 0 Å². The molecule has 0 radical (unpaired) electrons. The molecule has 6 heteroatoms. The van der Waals surface area contributed by atoms with Gasteiger partial charge in [-0.3, -0.25) is 4.90 Å². The van der Waals surface area contributed by atoms with E-state index in [2.05, 4.69) is 33.9 Å². The molecular formula is C16H26N2O3S. The lowest BCUT2D eigenvalue weighted by atomic mass is 9.86. The molecule has 0 fully saturated rings. The summed E-state index contributed by atoms with van der Waals surface area (Å²) in [6, 6.07) is 8.74. The van der Waals surface area contributed by atoms with Crippen LogP contribution in [0.5, 0.6) is 0 Å². The van der Waals surface area contributed by atoms with Crippen molar-refractivity contribution in [2.45, 2.75) is 31.7 Å². The molecule has 0 spiro atoms. The summed E-state index contributed by atoms with van der Waals surface area (Å²) in [6.07, 6.45) is 3.88. The van der Waals surface area contributed by atoms with Gasteiger partial charge in [-0.15, -0.1) is 0 Å². The van der Waals surface area contributed by atoms with Crippen LogP contribution in [0.4, 0.5) is 0 Å². The first-order valence-corrected chi connectivity index (χ1v) is 9.56. The Bertz CT molecular complexity index is 575. The normalized spacial score (nSPS) is 18.4. The van der Waals surface area contributed by atoms with Gasteiger partial charge in [0, 0.05) is 12.6 Å². The number of hydrogen-bond donors (Lipinski definition) is 2. The molecule has 1 aromatic rings. The minimum absolute atomic E-state index is 0.0947. The Hall–Kier alpha value is -0.950. The van der Waals surface area contributed by atoms with Crippen LogP contribution in [0.3, 0.4) is 0 Å². The van der Waals surface area contributed by atoms with Gasteiger partial charge in [-0.05, 0) is 50.4 Å². The smallest absolute Gasteiger partial charge is 0.211 e. The van der Waals surface area contributed by atoms with Gasteiger partial charge >= 0.3 is 0 Å². The van der Waals surface area contributed by atoms with Gasteiger partial charge in [-0.1, -0.05) is 24.3 Å². The van der Waals surface area contributed by atoms with Gasteiger partial charge in [0.25, 0.3) is 0 Å². The average Bonchev–Trinajstić information content (AvgIpc) is 2.53. The van der Waals surface area contributed by atoms with E-state index in [9.17, 15) is 13.5 Å². The van der Waals surface area contributed by atoms with E-state index in [1.54, 1.807) is 0 Å². The van der Waals surface area contributed by atoms with Gasteiger partial charge in [0.15, 0.2) is 0 Å². The molecule has 1 atom stereocenters. The molecule has 124 valence electrons. The van der Waals surface area contributed by atoms with Gasteiger partial charge in [0.2, 0.25) is 10.0 Å². The van der Waals surface area contributed by atoms with Gasteiger partial charge in [-0.2, -0.15) is 0 Å². The number of aryl methyl sites for hydroxylation is 1. The third-order valence-corrected chi connectivity index (χ3v) is 5.78. The third-order valence-electron chi connectivity index (χ3n) is 4.34. The van der Waals surface area contributed by atoms with Crippen LogP contribution in [0.1, 0.15) is 36.4 Å². The van der Waals surface area contributed by atoms with E-state index in [0.29, 0.717) is 19.5 Å². The Labute approximate surface area is 133 Å².